The largest absolute Gasteiger partial charge is 0.334 e. The molecule has 30 heavy (non-hydrogen) atoms. The fraction of sp³-hybridized carbons (Fsp3) is 0.654. The average molecular weight is 413 g/mol. The number of hydrogen-bond acceptors (Lipinski definition) is 1. The Morgan fingerprint density at radius 1 is 1.30 bits per heavy atom. The summed E-state index contributed by atoms with van der Waals surface area (Å²) in [5, 5.41) is 3.40. The van der Waals surface area contributed by atoms with Crippen LogP contribution in [-0.2, 0) is 0 Å². The Labute approximate surface area is 181 Å². The number of carbonyl (C=O) groups is 1. The summed E-state index contributed by atoms with van der Waals surface area (Å²) in [6.07, 6.45) is 9.79. The molecule has 4 rings (SSSR count). The van der Waals surface area contributed by atoms with Crippen LogP contribution in [0.1, 0.15) is 84.1 Å². The van der Waals surface area contributed by atoms with Gasteiger partial charge in [-0.25, -0.2) is 9.18 Å². The van der Waals surface area contributed by atoms with Gasteiger partial charge in [0, 0.05) is 24.7 Å². The molecule has 1 heterocycles. The van der Waals surface area contributed by atoms with Gasteiger partial charge in [-0.3, -0.25) is 0 Å². The second-order valence-corrected chi connectivity index (χ2v) is 10.6. The number of carbonyl (C=O) groups excluding carboxylic acids is 1. The SMILES string of the molecule is CCCCC1=CN(C(=O)NC2C[C@H]3CC[C@]2(C)C3(C)C)CC(c2cccc(F)c2)C1. The van der Waals surface area contributed by atoms with E-state index in [9.17, 15) is 9.18 Å². The summed E-state index contributed by atoms with van der Waals surface area (Å²) in [5.41, 5.74) is 2.73. The van der Waals surface area contributed by atoms with Crippen molar-refractivity contribution in [1.29, 1.82) is 0 Å². The molecule has 3 aliphatic rings. The minimum atomic E-state index is -0.203. The molecule has 0 spiro atoms. The summed E-state index contributed by atoms with van der Waals surface area (Å²) >= 11 is 0. The van der Waals surface area contributed by atoms with E-state index in [0.717, 1.165) is 37.7 Å². The van der Waals surface area contributed by atoms with Gasteiger partial charge in [0.2, 0.25) is 0 Å². The Kier molecular flexibility index (Phi) is 5.71. The summed E-state index contributed by atoms with van der Waals surface area (Å²) in [5.74, 6) is 0.644. The molecule has 1 N–H and O–H groups in total. The first-order valence-electron chi connectivity index (χ1n) is 11.8. The molecule has 1 aromatic rings. The standard InChI is InChI=1S/C26H37FN2O/c1-5-6-8-18-13-20(19-9-7-10-22(27)14-19)17-29(16-18)24(30)28-23-15-21-11-12-26(23,4)25(21,2)3/h7,9-10,14,16,20-21,23H,5-6,8,11-13,15,17H2,1-4H3,(H,28,30)/t20?,21-,23?,26+/m1/s1. The van der Waals surface area contributed by atoms with Gasteiger partial charge in [-0.05, 0) is 73.0 Å². The van der Waals surface area contributed by atoms with Gasteiger partial charge >= 0.3 is 6.03 Å². The first-order chi connectivity index (χ1) is 14.2. The molecule has 164 valence electrons. The first kappa shape index (κ1) is 21.4. The number of fused-ring (bicyclic) bond motifs is 2. The number of rotatable bonds is 5. The van der Waals surface area contributed by atoms with Crippen LogP contribution in [0.25, 0.3) is 0 Å². The van der Waals surface area contributed by atoms with E-state index >= 15 is 0 Å². The zero-order valence-electron chi connectivity index (χ0n) is 19.0. The van der Waals surface area contributed by atoms with Crippen molar-refractivity contribution in [2.24, 2.45) is 16.7 Å². The highest BCUT2D eigenvalue weighted by atomic mass is 19.1. The third kappa shape index (κ3) is 3.67. The highest BCUT2D eigenvalue weighted by Crippen LogP contribution is 2.65. The third-order valence-electron chi connectivity index (χ3n) is 8.79. The molecule has 2 aliphatic carbocycles. The van der Waals surface area contributed by atoms with Crippen LogP contribution in [0.5, 0.6) is 0 Å². The van der Waals surface area contributed by atoms with E-state index in [1.165, 1.54) is 24.5 Å². The minimum Gasteiger partial charge on any atom is -0.334 e. The number of hydrogen-bond donors (Lipinski definition) is 1. The number of halogens is 1. The molecule has 4 atom stereocenters. The van der Waals surface area contributed by atoms with Gasteiger partial charge in [0.15, 0.2) is 0 Å². The number of amides is 2. The Balaban J connectivity index is 1.51. The summed E-state index contributed by atoms with van der Waals surface area (Å²) in [4.78, 5) is 15.2. The van der Waals surface area contributed by atoms with Crippen molar-refractivity contribution in [2.75, 3.05) is 6.54 Å². The van der Waals surface area contributed by atoms with Crippen LogP contribution in [0, 0.1) is 22.6 Å². The van der Waals surface area contributed by atoms with E-state index < -0.39 is 0 Å². The third-order valence-corrected chi connectivity index (χ3v) is 8.79. The van der Waals surface area contributed by atoms with Crippen LogP contribution in [0.15, 0.2) is 36.0 Å². The van der Waals surface area contributed by atoms with Crippen molar-refractivity contribution in [3.8, 4) is 0 Å². The number of allylic oxidation sites excluding steroid dienone is 1. The monoisotopic (exact) mass is 412 g/mol. The van der Waals surface area contributed by atoms with Gasteiger partial charge in [0.05, 0.1) is 0 Å². The molecule has 1 aliphatic heterocycles. The molecular formula is C26H37FN2O. The van der Waals surface area contributed by atoms with Crippen molar-refractivity contribution in [3.63, 3.8) is 0 Å². The lowest BCUT2D eigenvalue weighted by Crippen LogP contribution is -2.51. The van der Waals surface area contributed by atoms with E-state index in [-0.39, 0.29) is 34.6 Å². The maximum absolute atomic E-state index is 13.8. The predicted octanol–water partition coefficient (Wildman–Crippen LogP) is 6.61. The Hall–Kier alpha value is -1.84. The molecule has 1 aromatic carbocycles. The molecule has 2 fully saturated rings. The fourth-order valence-electron chi connectivity index (χ4n) is 6.29. The van der Waals surface area contributed by atoms with E-state index in [1.54, 1.807) is 12.1 Å². The summed E-state index contributed by atoms with van der Waals surface area (Å²) in [6.45, 7) is 9.91. The second-order valence-electron chi connectivity index (χ2n) is 10.6. The fourth-order valence-corrected chi connectivity index (χ4v) is 6.29. The van der Waals surface area contributed by atoms with Crippen LogP contribution in [0.3, 0.4) is 0 Å². The van der Waals surface area contributed by atoms with Crippen molar-refractivity contribution in [2.45, 2.75) is 84.6 Å². The Morgan fingerprint density at radius 2 is 2.10 bits per heavy atom. The van der Waals surface area contributed by atoms with Gasteiger partial charge in [-0.1, -0.05) is 51.8 Å². The van der Waals surface area contributed by atoms with Gasteiger partial charge < -0.3 is 10.2 Å². The molecule has 0 aromatic heterocycles. The molecule has 2 bridgehead atoms. The molecule has 2 amide bonds. The molecule has 2 saturated carbocycles. The van der Waals surface area contributed by atoms with Crippen LogP contribution < -0.4 is 5.32 Å². The number of unbranched alkanes of at least 4 members (excludes halogenated alkanes) is 1. The lowest BCUT2D eigenvalue weighted by molar-refractivity contribution is 0.119. The van der Waals surface area contributed by atoms with Crippen molar-refractivity contribution < 1.29 is 9.18 Å². The van der Waals surface area contributed by atoms with E-state index in [2.05, 4.69) is 39.2 Å². The lowest BCUT2D eigenvalue weighted by Gasteiger charge is -2.40. The smallest absolute Gasteiger partial charge is 0.321 e. The summed E-state index contributed by atoms with van der Waals surface area (Å²) < 4.78 is 13.8. The molecule has 0 radical (unpaired) electrons. The number of nitrogens with one attached hydrogen (secondary N) is 1. The zero-order valence-corrected chi connectivity index (χ0v) is 19.0. The molecule has 0 saturated heterocycles. The Bertz CT molecular complexity index is 832. The number of nitrogens with zero attached hydrogens (tertiary/aromatic N) is 1. The van der Waals surface area contributed by atoms with Crippen LogP contribution >= 0.6 is 0 Å². The maximum Gasteiger partial charge on any atom is 0.321 e. The summed E-state index contributed by atoms with van der Waals surface area (Å²) in [6, 6.07) is 7.13. The topological polar surface area (TPSA) is 32.3 Å². The van der Waals surface area contributed by atoms with Crippen LogP contribution in [-0.4, -0.2) is 23.5 Å². The van der Waals surface area contributed by atoms with Gasteiger partial charge in [0.25, 0.3) is 0 Å². The van der Waals surface area contributed by atoms with E-state index in [0.29, 0.717) is 12.5 Å². The van der Waals surface area contributed by atoms with Crippen molar-refractivity contribution in [1.82, 2.24) is 10.2 Å². The molecular weight excluding hydrogens is 375 g/mol. The first-order valence-corrected chi connectivity index (χ1v) is 11.8. The minimum absolute atomic E-state index is 0.0136. The average Bonchev–Trinajstić information content (AvgIpc) is 3.05. The predicted molar refractivity (Wildman–Crippen MR) is 120 cm³/mol. The number of urea groups is 1. The summed E-state index contributed by atoms with van der Waals surface area (Å²) in [7, 11) is 0. The maximum atomic E-state index is 13.8. The van der Waals surface area contributed by atoms with Crippen molar-refractivity contribution in [3.05, 3.63) is 47.4 Å². The number of benzene rings is 1. The van der Waals surface area contributed by atoms with Crippen LogP contribution in [0.4, 0.5) is 9.18 Å². The van der Waals surface area contributed by atoms with Crippen LogP contribution in [0.2, 0.25) is 0 Å². The molecule has 3 nitrogen and oxygen atoms in total. The highest BCUT2D eigenvalue weighted by Gasteiger charge is 2.61. The zero-order chi connectivity index (χ0) is 21.5. The second kappa shape index (κ2) is 8.01. The quantitative estimate of drug-likeness (QED) is 0.579. The lowest BCUT2D eigenvalue weighted by atomic mass is 9.69. The Morgan fingerprint density at radius 3 is 2.73 bits per heavy atom. The van der Waals surface area contributed by atoms with Crippen molar-refractivity contribution >= 4 is 6.03 Å². The van der Waals surface area contributed by atoms with Gasteiger partial charge in [-0.15, -0.1) is 0 Å². The normalized spacial score (nSPS) is 32.2. The molecule has 2 unspecified atom stereocenters. The van der Waals surface area contributed by atoms with Gasteiger partial charge in [0.1, 0.15) is 5.82 Å². The van der Waals surface area contributed by atoms with E-state index in [4.69, 9.17) is 0 Å². The van der Waals surface area contributed by atoms with Gasteiger partial charge in [-0.2, -0.15) is 0 Å². The highest BCUT2D eigenvalue weighted by molar-refractivity contribution is 5.76. The van der Waals surface area contributed by atoms with E-state index in [1.807, 2.05) is 11.0 Å². The molecule has 4 heteroatoms.